The number of hydrogen-bond donors (Lipinski definition) is 1. The highest BCUT2D eigenvalue weighted by atomic mass is 35.5. The number of ether oxygens (including phenoxy) is 1. The third-order valence-corrected chi connectivity index (χ3v) is 5.24. The van der Waals surface area contributed by atoms with Crippen molar-refractivity contribution in [1.29, 1.82) is 0 Å². The molecule has 4 nitrogen and oxygen atoms in total. The zero-order valence-electron chi connectivity index (χ0n) is 13.4. The first-order chi connectivity index (χ1) is 11.7. The maximum Gasteiger partial charge on any atom is 0.189 e. The standard InChI is InChI=1S/C17H19Cl2N3OS/c1-2-24-17-21-15-7-9-23-10-12(15)16(22-17)20-8-6-11-13(18)4-3-5-14(11)19/h3-5H,2,6-10H2,1H3,(H,20,21,22). The molecule has 7 heteroatoms. The van der Waals surface area contributed by atoms with Crippen molar-refractivity contribution in [2.45, 2.75) is 31.5 Å². The van der Waals surface area contributed by atoms with E-state index in [0.717, 1.165) is 53.0 Å². The summed E-state index contributed by atoms with van der Waals surface area (Å²) in [5.74, 6) is 1.81. The largest absolute Gasteiger partial charge is 0.376 e. The molecule has 0 saturated heterocycles. The van der Waals surface area contributed by atoms with Crippen LogP contribution in [-0.4, -0.2) is 28.9 Å². The van der Waals surface area contributed by atoms with Crippen LogP contribution in [0, 0.1) is 0 Å². The summed E-state index contributed by atoms with van der Waals surface area (Å²) in [7, 11) is 0. The molecule has 1 N–H and O–H groups in total. The molecular formula is C17H19Cl2N3OS. The van der Waals surface area contributed by atoms with E-state index in [4.69, 9.17) is 27.9 Å². The van der Waals surface area contributed by atoms with Crippen molar-refractivity contribution in [3.8, 4) is 0 Å². The van der Waals surface area contributed by atoms with Crippen LogP contribution in [0.25, 0.3) is 0 Å². The lowest BCUT2D eigenvalue weighted by Crippen LogP contribution is -2.18. The number of rotatable bonds is 6. The van der Waals surface area contributed by atoms with Crippen molar-refractivity contribution in [1.82, 2.24) is 9.97 Å². The average molecular weight is 384 g/mol. The Balaban J connectivity index is 1.75. The number of nitrogens with one attached hydrogen (secondary N) is 1. The Kier molecular flexibility index (Phi) is 6.22. The third kappa shape index (κ3) is 4.14. The summed E-state index contributed by atoms with van der Waals surface area (Å²) in [6.07, 6.45) is 1.56. The van der Waals surface area contributed by atoms with Gasteiger partial charge >= 0.3 is 0 Å². The van der Waals surface area contributed by atoms with Crippen molar-refractivity contribution in [2.75, 3.05) is 24.2 Å². The molecule has 1 aliphatic heterocycles. The Morgan fingerprint density at radius 3 is 2.79 bits per heavy atom. The lowest BCUT2D eigenvalue weighted by Gasteiger charge is -2.20. The van der Waals surface area contributed by atoms with Gasteiger partial charge in [0, 0.05) is 28.6 Å². The smallest absolute Gasteiger partial charge is 0.189 e. The first-order valence-corrected chi connectivity index (χ1v) is 9.70. The van der Waals surface area contributed by atoms with Crippen LogP contribution in [0.3, 0.4) is 0 Å². The molecule has 0 aliphatic carbocycles. The van der Waals surface area contributed by atoms with Gasteiger partial charge < -0.3 is 10.1 Å². The number of aromatic nitrogens is 2. The number of benzene rings is 1. The van der Waals surface area contributed by atoms with Crippen LogP contribution in [0.5, 0.6) is 0 Å². The van der Waals surface area contributed by atoms with Crippen LogP contribution in [0.4, 0.5) is 5.82 Å². The van der Waals surface area contributed by atoms with E-state index in [-0.39, 0.29) is 0 Å². The molecule has 1 aromatic heterocycles. The number of fused-ring (bicyclic) bond motifs is 1. The lowest BCUT2D eigenvalue weighted by molar-refractivity contribution is 0.109. The van der Waals surface area contributed by atoms with Gasteiger partial charge in [-0.25, -0.2) is 9.97 Å². The van der Waals surface area contributed by atoms with E-state index in [2.05, 4.69) is 22.2 Å². The molecular weight excluding hydrogens is 365 g/mol. The molecule has 1 aliphatic rings. The van der Waals surface area contributed by atoms with Gasteiger partial charge in [0.1, 0.15) is 5.82 Å². The van der Waals surface area contributed by atoms with E-state index in [1.165, 1.54) is 0 Å². The summed E-state index contributed by atoms with van der Waals surface area (Å²) in [6, 6.07) is 5.58. The summed E-state index contributed by atoms with van der Waals surface area (Å²) in [5.41, 5.74) is 3.10. The molecule has 1 aromatic carbocycles. The summed E-state index contributed by atoms with van der Waals surface area (Å²) in [5, 5.41) is 5.62. The molecule has 0 radical (unpaired) electrons. The second-order valence-corrected chi connectivity index (χ2v) is 7.44. The van der Waals surface area contributed by atoms with Crippen molar-refractivity contribution in [3.63, 3.8) is 0 Å². The Labute approximate surface area is 156 Å². The van der Waals surface area contributed by atoms with Crippen LogP contribution in [0.15, 0.2) is 23.4 Å². The van der Waals surface area contributed by atoms with Crippen molar-refractivity contribution < 1.29 is 4.74 Å². The van der Waals surface area contributed by atoms with Gasteiger partial charge in [0.2, 0.25) is 0 Å². The van der Waals surface area contributed by atoms with Gasteiger partial charge in [-0.15, -0.1) is 0 Å². The molecule has 3 rings (SSSR count). The zero-order chi connectivity index (χ0) is 16.9. The fourth-order valence-electron chi connectivity index (χ4n) is 2.63. The summed E-state index contributed by atoms with van der Waals surface area (Å²) >= 11 is 14.1. The Morgan fingerprint density at radius 2 is 2.04 bits per heavy atom. The number of halogens is 2. The first kappa shape index (κ1) is 17.8. The maximum absolute atomic E-state index is 6.23. The number of anilines is 1. The summed E-state index contributed by atoms with van der Waals surface area (Å²) in [6.45, 7) is 4.07. The first-order valence-electron chi connectivity index (χ1n) is 7.96. The van der Waals surface area contributed by atoms with E-state index < -0.39 is 0 Å². The molecule has 24 heavy (non-hydrogen) atoms. The fourth-order valence-corrected chi connectivity index (χ4v) is 3.80. The van der Waals surface area contributed by atoms with Crippen LogP contribution in [0.2, 0.25) is 10.0 Å². The minimum atomic E-state index is 0.557. The van der Waals surface area contributed by atoms with Gasteiger partial charge in [0.15, 0.2) is 5.16 Å². The number of hydrogen-bond acceptors (Lipinski definition) is 5. The fraction of sp³-hybridized carbons (Fsp3) is 0.412. The van der Waals surface area contributed by atoms with E-state index in [1.807, 2.05) is 18.2 Å². The molecule has 0 bridgehead atoms. The molecule has 0 atom stereocenters. The van der Waals surface area contributed by atoms with Gasteiger partial charge in [-0.2, -0.15) is 0 Å². The van der Waals surface area contributed by atoms with E-state index in [1.54, 1.807) is 11.8 Å². The van der Waals surface area contributed by atoms with Crippen molar-refractivity contribution in [2.24, 2.45) is 0 Å². The SMILES string of the molecule is CCSc1nc2c(c(NCCc3c(Cl)cccc3Cl)n1)COCC2. The molecule has 0 amide bonds. The zero-order valence-corrected chi connectivity index (χ0v) is 15.8. The Bertz CT molecular complexity index is 707. The second kappa shape index (κ2) is 8.39. The average Bonchev–Trinajstić information content (AvgIpc) is 2.58. The summed E-state index contributed by atoms with van der Waals surface area (Å²) in [4.78, 5) is 9.29. The molecule has 0 saturated carbocycles. The molecule has 128 valence electrons. The normalized spacial score (nSPS) is 13.6. The quantitative estimate of drug-likeness (QED) is 0.582. The highest BCUT2D eigenvalue weighted by molar-refractivity contribution is 7.99. The Hall–Kier alpha value is -1.01. The monoisotopic (exact) mass is 383 g/mol. The third-order valence-electron chi connectivity index (χ3n) is 3.80. The minimum Gasteiger partial charge on any atom is -0.376 e. The van der Waals surface area contributed by atoms with E-state index in [9.17, 15) is 0 Å². The van der Waals surface area contributed by atoms with E-state index >= 15 is 0 Å². The molecule has 2 heterocycles. The van der Waals surface area contributed by atoms with E-state index in [0.29, 0.717) is 23.2 Å². The molecule has 2 aromatic rings. The predicted molar refractivity (Wildman–Crippen MR) is 100 cm³/mol. The van der Waals surface area contributed by atoms with Crippen molar-refractivity contribution >= 4 is 40.8 Å². The van der Waals surface area contributed by atoms with Crippen LogP contribution in [0.1, 0.15) is 23.7 Å². The highest BCUT2D eigenvalue weighted by Gasteiger charge is 2.18. The van der Waals surface area contributed by atoms with Crippen LogP contribution < -0.4 is 5.32 Å². The number of nitrogens with zero attached hydrogens (tertiary/aromatic N) is 2. The van der Waals surface area contributed by atoms with Gasteiger partial charge in [0.25, 0.3) is 0 Å². The highest BCUT2D eigenvalue weighted by Crippen LogP contribution is 2.27. The number of thioether (sulfide) groups is 1. The van der Waals surface area contributed by atoms with Gasteiger partial charge in [-0.05, 0) is 29.9 Å². The summed E-state index contributed by atoms with van der Waals surface area (Å²) < 4.78 is 5.57. The second-order valence-electron chi connectivity index (χ2n) is 5.39. The van der Waals surface area contributed by atoms with Gasteiger partial charge in [-0.3, -0.25) is 0 Å². The molecule has 0 fully saturated rings. The van der Waals surface area contributed by atoms with Crippen LogP contribution in [-0.2, 0) is 24.2 Å². The topological polar surface area (TPSA) is 47.0 Å². The Morgan fingerprint density at radius 1 is 1.25 bits per heavy atom. The maximum atomic E-state index is 6.23. The van der Waals surface area contributed by atoms with Crippen LogP contribution >= 0.6 is 35.0 Å². The molecule has 0 spiro atoms. The predicted octanol–water partition coefficient (Wildman–Crippen LogP) is 4.62. The minimum absolute atomic E-state index is 0.557. The molecule has 0 unspecified atom stereocenters. The van der Waals surface area contributed by atoms with Crippen molar-refractivity contribution in [3.05, 3.63) is 45.1 Å². The van der Waals surface area contributed by atoms with Gasteiger partial charge in [-0.1, -0.05) is 48.0 Å². The lowest BCUT2D eigenvalue weighted by atomic mass is 10.1. The van der Waals surface area contributed by atoms with Gasteiger partial charge in [0.05, 0.1) is 18.9 Å².